The molecular formula is C14H21N3O2. The lowest BCUT2D eigenvalue weighted by Gasteiger charge is -2.23. The van der Waals surface area contributed by atoms with Crippen LogP contribution in [0.15, 0.2) is 12.3 Å². The first-order valence-electron chi connectivity index (χ1n) is 7.02. The molecule has 5 nitrogen and oxygen atoms in total. The lowest BCUT2D eigenvalue weighted by molar-refractivity contribution is 0.0926. The molecule has 1 aromatic rings. The standard InChI is InChI=1S/C14H21N3O2/c1-19-9-8-17-12(2-5-16-17)13(18)11-10-14(11)3-6-15-7-4-14/h2,5,11,15H,3-4,6-10H2,1H3. The number of aromatic nitrogens is 2. The van der Waals surface area contributed by atoms with Crippen molar-refractivity contribution in [2.75, 3.05) is 26.8 Å². The van der Waals surface area contributed by atoms with E-state index in [2.05, 4.69) is 10.4 Å². The van der Waals surface area contributed by atoms with Crippen molar-refractivity contribution in [2.24, 2.45) is 11.3 Å². The second kappa shape index (κ2) is 5.06. The number of carbonyl (C=O) groups is 1. The normalized spacial score (nSPS) is 24.6. The largest absolute Gasteiger partial charge is 0.383 e. The fraction of sp³-hybridized carbons (Fsp3) is 0.714. The Labute approximate surface area is 113 Å². The van der Waals surface area contributed by atoms with E-state index in [1.54, 1.807) is 18.0 Å². The molecule has 2 fully saturated rings. The number of Topliss-reactive ketones (excluding diaryl/α,β-unsaturated/α-hetero) is 1. The van der Waals surface area contributed by atoms with Crippen LogP contribution in [0.2, 0.25) is 0 Å². The van der Waals surface area contributed by atoms with Crippen LogP contribution in [0.5, 0.6) is 0 Å². The van der Waals surface area contributed by atoms with Gasteiger partial charge < -0.3 is 10.1 Å². The molecule has 5 heteroatoms. The zero-order valence-electron chi connectivity index (χ0n) is 11.4. The van der Waals surface area contributed by atoms with Crippen LogP contribution in [-0.4, -0.2) is 42.4 Å². The number of nitrogens with zero attached hydrogens (tertiary/aromatic N) is 2. The van der Waals surface area contributed by atoms with Crippen LogP contribution >= 0.6 is 0 Å². The number of hydrogen-bond donors (Lipinski definition) is 1. The Hall–Kier alpha value is -1.20. The summed E-state index contributed by atoms with van der Waals surface area (Å²) in [5.74, 6) is 0.489. The number of rotatable bonds is 5. The van der Waals surface area contributed by atoms with Crippen molar-refractivity contribution in [3.63, 3.8) is 0 Å². The maximum absolute atomic E-state index is 12.6. The maximum Gasteiger partial charge on any atom is 0.184 e. The molecule has 2 aliphatic rings. The molecule has 0 amide bonds. The molecule has 19 heavy (non-hydrogen) atoms. The van der Waals surface area contributed by atoms with E-state index in [4.69, 9.17) is 4.74 Å². The third-order valence-corrected chi connectivity index (χ3v) is 4.58. The molecule has 2 heterocycles. The van der Waals surface area contributed by atoms with Gasteiger partial charge in [-0.05, 0) is 43.8 Å². The monoisotopic (exact) mass is 263 g/mol. The van der Waals surface area contributed by atoms with Crippen LogP contribution in [0.1, 0.15) is 29.8 Å². The van der Waals surface area contributed by atoms with Crippen LogP contribution in [0.25, 0.3) is 0 Å². The molecule has 1 N–H and O–H groups in total. The van der Waals surface area contributed by atoms with E-state index in [1.807, 2.05) is 6.07 Å². The van der Waals surface area contributed by atoms with Crippen molar-refractivity contribution in [3.05, 3.63) is 18.0 Å². The maximum atomic E-state index is 12.6. The number of carbonyl (C=O) groups excluding carboxylic acids is 1. The van der Waals surface area contributed by atoms with E-state index in [9.17, 15) is 4.79 Å². The predicted molar refractivity (Wildman–Crippen MR) is 71.1 cm³/mol. The highest BCUT2D eigenvalue weighted by Gasteiger charge is 2.57. The minimum atomic E-state index is 0.215. The Kier molecular flexibility index (Phi) is 3.41. The molecule has 1 spiro atoms. The molecule has 1 saturated carbocycles. The average molecular weight is 263 g/mol. The molecule has 0 radical (unpaired) electrons. The van der Waals surface area contributed by atoms with Crippen molar-refractivity contribution in [2.45, 2.75) is 25.8 Å². The van der Waals surface area contributed by atoms with Crippen LogP contribution < -0.4 is 5.32 Å². The van der Waals surface area contributed by atoms with E-state index in [0.717, 1.165) is 38.0 Å². The van der Waals surface area contributed by atoms with Gasteiger partial charge in [-0.15, -0.1) is 0 Å². The Morgan fingerprint density at radius 3 is 3.11 bits per heavy atom. The van der Waals surface area contributed by atoms with E-state index < -0.39 is 0 Å². The quantitative estimate of drug-likeness (QED) is 0.808. The first kappa shape index (κ1) is 12.8. The summed E-state index contributed by atoms with van der Waals surface area (Å²) in [6.07, 6.45) is 5.04. The third kappa shape index (κ3) is 2.32. The van der Waals surface area contributed by atoms with E-state index in [1.165, 1.54) is 0 Å². The molecule has 1 aliphatic heterocycles. The second-order valence-corrected chi connectivity index (χ2v) is 5.67. The lowest BCUT2D eigenvalue weighted by Crippen LogP contribution is -2.31. The number of hydrogen-bond acceptors (Lipinski definition) is 4. The Morgan fingerprint density at radius 1 is 1.58 bits per heavy atom. The SMILES string of the molecule is COCCn1nccc1C(=O)C1CC12CCNCC2. The lowest BCUT2D eigenvalue weighted by atomic mass is 9.90. The van der Waals surface area contributed by atoms with Gasteiger partial charge in [-0.25, -0.2) is 0 Å². The van der Waals surface area contributed by atoms with Gasteiger partial charge in [-0.1, -0.05) is 0 Å². The van der Waals surface area contributed by atoms with Gasteiger partial charge in [0.25, 0.3) is 0 Å². The summed E-state index contributed by atoms with van der Waals surface area (Å²) in [7, 11) is 1.66. The minimum Gasteiger partial charge on any atom is -0.383 e. The highest BCUT2D eigenvalue weighted by molar-refractivity contribution is 5.98. The Balaban J connectivity index is 1.70. The highest BCUT2D eigenvalue weighted by atomic mass is 16.5. The van der Waals surface area contributed by atoms with Gasteiger partial charge in [0.15, 0.2) is 5.78 Å². The molecule has 1 aromatic heterocycles. The second-order valence-electron chi connectivity index (χ2n) is 5.67. The summed E-state index contributed by atoms with van der Waals surface area (Å²) < 4.78 is 6.83. The Bertz CT molecular complexity index is 463. The Morgan fingerprint density at radius 2 is 2.37 bits per heavy atom. The van der Waals surface area contributed by atoms with Crippen LogP contribution in [0.3, 0.4) is 0 Å². The predicted octanol–water partition coefficient (Wildman–Crippen LogP) is 1.10. The average Bonchev–Trinajstić information content (AvgIpc) is 2.92. The summed E-state index contributed by atoms with van der Waals surface area (Å²) >= 11 is 0. The van der Waals surface area contributed by atoms with Gasteiger partial charge in [-0.3, -0.25) is 9.48 Å². The van der Waals surface area contributed by atoms with E-state index in [-0.39, 0.29) is 11.7 Å². The molecule has 1 atom stereocenters. The summed E-state index contributed by atoms with van der Waals surface area (Å²) in [5.41, 5.74) is 1.04. The summed E-state index contributed by atoms with van der Waals surface area (Å²) in [4.78, 5) is 12.6. The van der Waals surface area contributed by atoms with Crippen LogP contribution in [0, 0.1) is 11.3 Å². The number of piperidine rings is 1. The summed E-state index contributed by atoms with van der Waals surface area (Å²) in [6.45, 7) is 3.33. The van der Waals surface area contributed by atoms with E-state index >= 15 is 0 Å². The van der Waals surface area contributed by atoms with Crippen molar-refractivity contribution < 1.29 is 9.53 Å². The van der Waals surface area contributed by atoms with Crippen molar-refractivity contribution >= 4 is 5.78 Å². The number of methoxy groups -OCH3 is 1. The highest BCUT2D eigenvalue weighted by Crippen LogP contribution is 2.59. The molecule has 1 aliphatic carbocycles. The summed E-state index contributed by atoms with van der Waals surface area (Å²) in [5, 5.41) is 7.59. The number of ketones is 1. The van der Waals surface area contributed by atoms with Crippen molar-refractivity contribution in [1.82, 2.24) is 15.1 Å². The fourth-order valence-electron chi connectivity index (χ4n) is 3.27. The number of ether oxygens (including phenoxy) is 1. The first-order valence-corrected chi connectivity index (χ1v) is 7.02. The molecule has 0 bridgehead atoms. The topological polar surface area (TPSA) is 56.2 Å². The smallest absolute Gasteiger partial charge is 0.184 e. The fourth-order valence-corrected chi connectivity index (χ4v) is 3.27. The molecule has 1 saturated heterocycles. The van der Waals surface area contributed by atoms with Crippen molar-refractivity contribution in [1.29, 1.82) is 0 Å². The van der Waals surface area contributed by atoms with Gasteiger partial charge in [0.05, 0.1) is 13.2 Å². The van der Waals surface area contributed by atoms with Gasteiger partial charge in [0.1, 0.15) is 5.69 Å². The first-order chi connectivity index (χ1) is 9.27. The summed E-state index contributed by atoms with van der Waals surface area (Å²) in [6, 6.07) is 1.84. The zero-order valence-corrected chi connectivity index (χ0v) is 11.4. The van der Waals surface area contributed by atoms with E-state index in [0.29, 0.717) is 18.6 Å². The molecule has 3 rings (SSSR count). The van der Waals surface area contributed by atoms with Crippen LogP contribution in [-0.2, 0) is 11.3 Å². The van der Waals surface area contributed by atoms with Gasteiger partial charge in [0.2, 0.25) is 0 Å². The third-order valence-electron chi connectivity index (χ3n) is 4.58. The van der Waals surface area contributed by atoms with Gasteiger partial charge in [-0.2, -0.15) is 5.10 Å². The minimum absolute atomic E-state index is 0.215. The molecular weight excluding hydrogens is 242 g/mol. The van der Waals surface area contributed by atoms with Gasteiger partial charge in [0, 0.05) is 19.2 Å². The zero-order chi connectivity index (χ0) is 13.3. The number of nitrogens with one attached hydrogen (secondary N) is 1. The van der Waals surface area contributed by atoms with Crippen LogP contribution in [0.4, 0.5) is 0 Å². The molecule has 0 aromatic carbocycles. The molecule has 1 unspecified atom stereocenters. The van der Waals surface area contributed by atoms with Gasteiger partial charge >= 0.3 is 0 Å². The van der Waals surface area contributed by atoms with Crippen molar-refractivity contribution in [3.8, 4) is 0 Å². The molecule has 104 valence electrons.